The molecular formula is C15H30N2O3S. The Morgan fingerprint density at radius 3 is 2.29 bits per heavy atom. The highest BCUT2D eigenvalue weighted by Gasteiger charge is 2.27. The Labute approximate surface area is 129 Å². The van der Waals surface area contributed by atoms with Crippen LogP contribution in [0, 0.1) is 0 Å². The smallest absolute Gasteiger partial charge is 0.221 e. The molecule has 1 saturated carbocycles. The average molecular weight is 318 g/mol. The van der Waals surface area contributed by atoms with Crippen LogP contribution >= 0.6 is 0 Å². The molecule has 1 N–H and O–H groups in total. The minimum Gasteiger partial charge on any atom is -0.354 e. The molecule has 0 saturated heterocycles. The molecule has 0 aliphatic heterocycles. The number of rotatable bonds is 7. The molecule has 0 spiro atoms. The van der Waals surface area contributed by atoms with E-state index in [4.69, 9.17) is 0 Å². The molecule has 6 heteroatoms. The summed E-state index contributed by atoms with van der Waals surface area (Å²) >= 11 is 0. The molecule has 1 aliphatic rings. The summed E-state index contributed by atoms with van der Waals surface area (Å²) in [5.74, 6) is -0.0633. The molecule has 0 radical (unpaired) electrons. The normalized spacial score (nSPS) is 19.2. The lowest BCUT2D eigenvalue weighted by molar-refractivity contribution is -0.121. The summed E-state index contributed by atoms with van der Waals surface area (Å²) in [6.07, 6.45) is 8.74. The highest BCUT2D eigenvalue weighted by atomic mass is 32.2. The number of sulfonamides is 1. The van der Waals surface area contributed by atoms with Crippen LogP contribution in [0.1, 0.15) is 65.2 Å². The lowest BCUT2D eigenvalue weighted by atomic mass is 10.1. The summed E-state index contributed by atoms with van der Waals surface area (Å²) in [5, 5.41) is 2.89. The van der Waals surface area contributed by atoms with E-state index < -0.39 is 10.0 Å². The number of carbonyl (C=O) groups is 1. The fourth-order valence-electron chi connectivity index (χ4n) is 2.83. The van der Waals surface area contributed by atoms with Crippen molar-refractivity contribution in [1.29, 1.82) is 0 Å². The third kappa shape index (κ3) is 6.78. The monoisotopic (exact) mass is 318 g/mol. The predicted octanol–water partition coefficient (Wildman–Crippen LogP) is 2.28. The molecule has 21 heavy (non-hydrogen) atoms. The zero-order chi connectivity index (χ0) is 15.9. The number of amides is 1. The molecule has 1 fully saturated rings. The number of carbonyl (C=O) groups excluding carboxylic acids is 1. The zero-order valence-corrected chi connectivity index (χ0v) is 14.4. The van der Waals surface area contributed by atoms with E-state index in [0.717, 1.165) is 32.1 Å². The minimum atomic E-state index is -3.26. The number of hydrogen-bond acceptors (Lipinski definition) is 3. The molecule has 1 rings (SSSR count). The second kappa shape index (κ2) is 8.73. The van der Waals surface area contributed by atoms with Crippen LogP contribution in [0.25, 0.3) is 0 Å². The third-order valence-electron chi connectivity index (χ3n) is 4.24. The van der Waals surface area contributed by atoms with Gasteiger partial charge in [0.15, 0.2) is 0 Å². The van der Waals surface area contributed by atoms with Crippen molar-refractivity contribution in [3.63, 3.8) is 0 Å². The molecule has 124 valence electrons. The zero-order valence-electron chi connectivity index (χ0n) is 13.6. The van der Waals surface area contributed by atoms with E-state index in [9.17, 15) is 13.2 Å². The first-order valence-corrected chi connectivity index (χ1v) is 9.95. The van der Waals surface area contributed by atoms with Crippen molar-refractivity contribution >= 4 is 15.9 Å². The molecule has 1 aliphatic carbocycles. The van der Waals surface area contributed by atoms with Crippen molar-refractivity contribution in [2.24, 2.45) is 0 Å². The van der Waals surface area contributed by atoms with E-state index in [-0.39, 0.29) is 24.4 Å². The molecule has 0 aromatic carbocycles. The van der Waals surface area contributed by atoms with Crippen LogP contribution in [-0.4, -0.2) is 43.5 Å². The van der Waals surface area contributed by atoms with Gasteiger partial charge in [0.2, 0.25) is 15.9 Å². The summed E-state index contributed by atoms with van der Waals surface area (Å²) in [6, 6.07) is 0.209. The van der Waals surface area contributed by atoms with Crippen molar-refractivity contribution in [3.05, 3.63) is 0 Å². The SMILES string of the molecule is CCC(C)NC(=O)CCN(C1CCCCCC1)S(C)(=O)=O. The van der Waals surface area contributed by atoms with Gasteiger partial charge in [-0.1, -0.05) is 32.6 Å². The largest absolute Gasteiger partial charge is 0.354 e. The molecular weight excluding hydrogens is 288 g/mol. The molecule has 5 nitrogen and oxygen atoms in total. The van der Waals surface area contributed by atoms with E-state index in [0.29, 0.717) is 6.54 Å². The highest BCUT2D eigenvalue weighted by molar-refractivity contribution is 7.88. The van der Waals surface area contributed by atoms with Crippen LogP contribution in [0.3, 0.4) is 0 Å². The maximum atomic E-state index is 12.0. The maximum Gasteiger partial charge on any atom is 0.221 e. The van der Waals surface area contributed by atoms with Gasteiger partial charge in [0.05, 0.1) is 6.26 Å². The average Bonchev–Trinajstić information content (AvgIpc) is 2.66. The van der Waals surface area contributed by atoms with Gasteiger partial charge in [0.1, 0.15) is 0 Å². The molecule has 1 amide bonds. The van der Waals surface area contributed by atoms with Gasteiger partial charge >= 0.3 is 0 Å². The minimum absolute atomic E-state index is 0.0633. The number of nitrogens with zero attached hydrogens (tertiary/aromatic N) is 1. The molecule has 1 unspecified atom stereocenters. The van der Waals surface area contributed by atoms with Crippen LogP contribution in [0.5, 0.6) is 0 Å². The van der Waals surface area contributed by atoms with E-state index in [1.165, 1.54) is 19.1 Å². The molecule has 0 heterocycles. The Morgan fingerprint density at radius 2 is 1.81 bits per heavy atom. The Kier molecular flexibility index (Phi) is 7.66. The second-order valence-electron chi connectivity index (χ2n) is 6.15. The van der Waals surface area contributed by atoms with Crippen molar-refractivity contribution in [2.45, 2.75) is 77.3 Å². The molecule has 0 aromatic heterocycles. The first kappa shape index (κ1) is 18.4. The van der Waals surface area contributed by atoms with Gasteiger partial charge in [-0.2, -0.15) is 4.31 Å². The van der Waals surface area contributed by atoms with Crippen molar-refractivity contribution in [2.75, 3.05) is 12.8 Å². The second-order valence-corrected chi connectivity index (χ2v) is 8.08. The maximum absolute atomic E-state index is 12.0. The Morgan fingerprint density at radius 1 is 1.24 bits per heavy atom. The van der Waals surface area contributed by atoms with E-state index in [1.54, 1.807) is 4.31 Å². The van der Waals surface area contributed by atoms with Gasteiger partial charge in [-0.15, -0.1) is 0 Å². The summed E-state index contributed by atoms with van der Waals surface area (Å²) in [5.41, 5.74) is 0. The fraction of sp³-hybridized carbons (Fsp3) is 0.933. The van der Waals surface area contributed by atoms with E-state index in [2.05, 4.69) is 5.32 Å². The van der Waals surface area contributed by atoms with Gasteiger partial charge in [0, 0.05) is 25.0 Å². The first-order chi connectivity index (χ1) is 9.84. The number of nitrogens with one attached hydrogen (secondary N) is 1. The molecule has 1 atom stereocenters. The quantitative estimate of drug-likeness (QED) is 0.732. The van der Waals surface area contributed by atoms with E-state index >= 15 is 0 Å². The van der Waals surface area contributed by atoms with Crippen molar-refractivity contribution in [1.82, 2.24) is 9.62 Å². The van der Waals surface area contributed by atoms with Gasteiger partial charge in [-0.05, 0) is 26.2 Å². The first-order valence-electron chi connectivity index (χ1n) is 8.10. The van der Waals surface area contributed by atoms with Crippen molar-refractivity contribution < 1.29 is 13.2 Å². The van der Waals surface area contributed by atoms with Gasteiger partial charge < -0.3 is 5.32 Å². The topological polar surface area (TPSA) is 66.5 Å². The number of hydrogen-bond donors (Lipinski definition) is 1. The Bertz CT molecular complexity index is 415. The standard InChI is InChI=1S/C15H30N2O3S/c1-4-13(2)16-15(18)11-12-17(21(3,19)20)14-9-7-5-6-8-10-14/h13-14H,4-12H2,1-3H3,(H,16,18). The van der Waals surface area contributed by atoms with Crippen LogP contribution in [0.4, 0.5) is 0 Å². The fourth-order valence-corrected chi connectivity index (χ4v) is 4.00. The lowest BCUT2D eigenvalue weighted by Gasteiger charge is -2.28. The summed E-state index contributed by atoms with van der Waals surface area (Å²) in [4.78, 5) is 11.9. The lowest BCUT2D eigenvalue weighted by Crippen LogP contribution is -2.42. The summed E-state index contributed by atoms with van der Waals surface area (Å²) in [7, 11) is -3.26. The Hall–Kier alpha value is -0.620. The van der Waals surface area contributed by atoms with Crippen molar-refractivity contribution in [3.8, 4) is 0 Å². The van der Waals surface area contributed by atoms with Crippen LogP contribution in [0.2, 0.25) is 0 Å². The third-order valence-corrected chi connectivity index (χ3v) is 5.57. The van der Waals surface area contributed by atoms with Crippen LogP contribution < -0.4 is 5.32 Å². The molecule has 0 aromatic rings. The van der Waals surface area contributed by atoms with Gasteiger partial charge in [-0.25, -0.2) is 8.42 Å². The van der Waals surface area contributed by atoms with Crippen LogP contribution in [-0.2, 0) is 14.8 Å². The summed E-state index contributed by atoms with van der Waals surface area (Å²) < 4.78 is 25.6. The van der Waals surface area contributed by atoms with E-state index in [1.807, 2.05) is 13.8 Å². The predicted molar refractivity (Wildman–Crippen MR) is 85.6 cm³/mol. The Balaban J connectivity index is 2.60. The molecule has 0 bridgehead atoms. The van der Waals surface area contributed by atoms with Crippen LogP contribution in [0.15, 0.2) is 0 Å². The summed E-state index contributed by atoms with van der Waals surface area (Å²) in [6.45, 7) is 4.27. The van der Waals surface area contributed by atoms with Gasteiger partial charge in [0.25, 0.3) is 0 Å². The highest BCUT2D eigenvalue weighted by Crippen LogP contribution is 2.23. The van der Waals surface area contributed by atoms with Gasteiger partial charge in [-0.3, -0.25) is 4.79 Å².